The van der Waals surface area contributed by atoms with Gasteiger partial charge in [0.05, 0.1) is 0 Å². The van der Waals surface area contributed by atoms with E-state index in [1.54, 1.807) is 22.3 Å². The Balaban J connectivity index is 0.00000180. The zero-order valence-electron chi connectivity index (χ0n) is 13.2. The van der Waals surface area contributed by atoms with Crippen LogP contribution in [-0.2, 0) is 20.9 Å². The smallest absolute Gasteiger partial charge is 1.00 e. The van der Waals surface area contributed by atoms with Gasteiger partial charge < -0.3 is 24.8 Å². The molecule has 0 aromatic carbocycles. The van der Waals surface area contributed by atoms with Crippen molar-refractivity contribution in [1.29, 1.82) is 0 Å². The van der Waals surface area contributed by atoms with Crippen molar-refractivity contribution >= 4 is 6.65 Å². The second-order valence-electron chi connectivity index (χ2n) is 5.62. The van der Waals surface area contributed by atoms with E-state index in [1.807, 2.05) is 6.56 Å². The molecule has 20 heavy (non-hydrogen) atoms. The molecule has 0 aromatic rings. The number of hydrogen-bond acceptors (Lipinski definition) is 0. The van der Waals surface area contributed by atoms with Gasteiger partial charge in [-0.2, -0.15) is 0 Å². The van der Waals surface area contributed by atoms with Gasteiger partial charge in [-0.3, -0.25) is 0 Å². The Kier molecular flexibility index (Phi) is 9.22. The van der Waals surface area contributed by atoms with Crippen molar-refractivity contribution in [2.75, 3.05) is 0 Å². The molecule has 4 heteroatoms. The molecule has 0 bridgehead atoms. The first-order chi connectivity index (χ1) is 8.56. The van der Waals surface area contributed by atoms with Crippen LogP contribution < -0.4 is 24.8 Å². The van der Waals surface area contributed by atoms with Gasteiger partial charge in [0, 0.05) is 0 Å². The Bertz CT molecular complexity index is 445. The number of allylic oxidation sites excluding steroid dienone is 8. The Labute approximate surface area is 146 Å². The zero-order chi connectivity index (χ0) is 13.3. The summed E-state index contributed by atoms with van der Waals surface area (Å²) in [4.78, 5) is 0. The van der Waals surface area contributed by atoms with E-state index in [9.17, 15) is 0 Å². The van der Waals surface area contributed by atoms with Crippen molar-refractivity contribution in [3.63, 3.8) is 0 Å². The van der Waals surface area contributed by atoms with Gasteiger partial charge in [0.1, 0.15) is 0 Å². The van der Waals surface area contributed by atoms with Crippen LogP contribution in [0.15, 0.2) is 41.0 Å². The van der Waals surface area contributed by atoms with Gasteiger partial charge in [-0.05, 0) is 0 Å². The van der Waals surface area contributed by atoms with E-state index in [2.05, 4.69) is 46.8 Å². The first-order valence-electron chi connectivity index (χ1n) is 7.16. The molecule has 0 aromatic heterocycles. The molecule has 0 radical (unpaired) electrons. The van der Waals surface area contributed by atoms with Crippen molar-refractivity contribution in [3.8, 4) is 0 Å². The second kappa shape index (κ2) is 8.93. The Morgan fingerprint density at radius 3 is 1.55 bits per heavy atom. The number of halogens is 2. The molecule has 0 N–H and O–H groups in total. The molecule has 2 aliphatic rings. The first kappa shape index (κ1) is 20.6. The molecule has 111 valence electrons. The third-order valence-corrected chi connectivity index (χ3v) is 24.4. The average molecular weight is 408 g/mol. The van der Waals surface area contributed by atoms with Crippen LogP contribution in [0.2, 0.25) is 6.04 Å². The molecule has 0 spiro atoms. The van der Waals surface area contributed by atoms with E-state index in [4.69, 9.17) is 0 Å². The van der Waals surface area contributed by atoms with Gasteiger partial charge in [0.2, 0.25) is 0 Å². The molecule has 0 heterocycles. The van der Waals surface area contributed by atoms with Crippen LogP contribution in [0.5, 0.6) is 0 Å². The standard InChI is InChI=1S/2C7H9.C2H7Si.2ClH.Zr/c2*1-6-4-3-5-7(6)2;1-2-3;;;/h2*4H,3H2,1-2H3;2-3H2,1H3;2*1H;/q;;;;;+2/p-2. The summed E-state index contributed by atoms with van der Waals surface area (Å²) in [5.41, 5.74) is 6.48. The van der Waals surface area contributed by atoms with E-state index in [0.29, 0.717) is 0 Å². The van der Waals surface area contributed by atoms with Gasteiger partial charge in [0.15, 0.2) is 0 Å². The fraction of sp³-hybridized carbons (Fsp3) is 0.500. The number of hydrogen-bond donors (Lipinski definition) is 0. The third-order valence-electron chi connectivity index (χ3n) is 4.54. The zero-order valence-corrected chi connectivity index (χ0v) is 18.6. The second-order valence-corrected chi connectivity index (χ2v) is 20.3. The van der Waals surface area contributed by atoms with Crippen LogP contribution in [-0.4, -0.2) is 6.65 Å². The Hall–Kier alpha value is 0.640. The maximum Gasteiger partial charge on any atom is -1.00 e. The largest absolute Gasteiger partial charge is 1.00 e. The van der Waals surface area contributed by atoms with Crippen molar-refractivity contribution in [2.24, 2.45) is 0 Å². The van der Waals surface area contributed by atoms with Crippen molar-refractivity contribution in [1.82, 2.24) is 0 Å². The predicted octanol–water partition coefficient (Wildman–Crippen LogP) is -1.62. The normalized spacial score (nSPS) is 18.2. The van der Waals surface area contributed by atoms with E-state index in [0.717, 1.165) is 0 Å². The fourth-order valence-corrected chi connectivity index (χ4v) is 22.9. The SMILES string of the molecule is CC[SiH2][Zr+2]([C]1=C(C)C(C)=CC1)[C]1=C(C)C(C)=CC1.[Cl-].[Cl-]. The average Bonchev–Trinajstić information content (AvgIpc) is 2.84. The summed E-state index contributed by atoms with van der Waals surface area (Å²) in [6.07, 6.45) is 7.55. The predicted molar refractivity (Wildman–Crippen MR) is 81.2 cm³/mol. The molecule has 0 amide bonds. The summed E-state index contributed by atoms with van der Waals surface area (Å²) in [7, 11) is 0. The van der Waals surface area contributed by atoms with Crippen molar-refractivity contribution < 1.29 is 45.7 Å². The third kappa shape index (κ3) is 4.09. The Morgan fingerprint density at radius 1 is 0.900 bits per heavy atom. The van der Waals surface area contributed by atoms with Crippen molar-refractivity contribution in [2.45, 2.75) is 53.5 Å². The number of rotatable bonds is 4. The van der Waals surface area contributed by atoms with Gasteiger partial charge in [-0.15, -0.1) is 0 Å². The van der Waals surface area contributed by atoms with Crippen LogP contribution >= 0.6 is 0 Å². The van der Waals surface area contributed by atoms with E-state index in [1.165, 1.54) is 18.9 Å². The molecule has 0 saturated carbocycles. The van der Waals surface area contributed by atoms with Gasteiger partial charge in [0.25, 0.3) is 0 Å². The first-order valence-corrected chi connectivity index (χ1v) is 16.5. The molecular weight excluding hydrogens is 382 g/mol. The van der Waals surface area contributed by atoms with Gasteiger partial charge in [-0.25, -0.2) is 0 Å². The minimum Gasteiger partial charge on any atom is -1.00 e. The molecule has 0 unspecified atom stereocenters. The summed E-state index contributed by atoms with van der Waals surface area (Å²) >= 11 is -1.39. The topological polar surface area (TPSA) is 0 Å². The quantitative estimate of drug-likeness (QED) is 0.492. The molecule has 2 rings (SSSR count). The summed E-state index contributed by atoms with van der Waals surface area (Å²) in [6.45, 7) is 12.0. The molecule has 0 nitrogen and oxygen atoms in total. The van der Waals surface area contributed by atoms with E-state index < -0.39 is 20.9 Å². The summed E-state index contributed by atoms with van der Waals surface area (Å²) in [5, 5.41) is 0. The minimum absolute atomic E-state index is 0. The van der Waals surface area contributed by atoms with Gasteiger partial charge in [-0.1, -0.05) is 0 Å². The molecule has 0 saturated heterocycles. The van der Waals surface area contributed by atoms with Crippen LogP contribution in [0.3, 0.4) is 0 Å². The minimum atomic E-state index is -1.39. The molecule has 0 fully saturated rings. The maximum atomic E-state index is 2.47. The molecule has 0 atom stereocenters. The van der Waals surface area contributed by atoms with Crippen LogP contribution in [0.25, 0.3) is 0 Å². The monoisotopic (exact) mass is 405 g/mol. The van der Waals surface area contributed by atoms with Crippen LogP contribution in [0.1, 0.15) is 47.5 Å². The van der Waals surface area contributed by atoms with Crippen molar-refractivity contribution in [3.05, 3.63) is 41.0 Å². The van der Waals surface area contributed by atoms with Crippen LogP contribution in [0.4, 0.5) is 0 Å². The summed E-state index contributed by atoms with van der Waals surface area (Å²) in [6, 6.07) is 1.50. The molecule has 0 aliphatic heterocycles. The summed E-state index contributed by atoms with van der Waals surface area (Å²) < 4.78 is 3.89. The van der Waals surface area contributed by atoms with E-state index in [-0.39, 0.29) is 31.5 Å². The summed E-state index contributed by atoms with van der Waals surface area (Å²) in [5.74, 6) is 0. The van der Waals surface area contributed by atoms with E-state index >= 15 is 0 Å². The maximum absolute atomic E-state index is 2.47. The van der Waals surface area contributed by atoms with Crippen LogP contribution in [0, 0.1) is 0 Å². The Morgan fingerprint density at radius 2 is 1.30 bits per heavy atom. The molecule has 2 aliphatic carbocycles. The molecular formula is C16H25Cl2SiZr. The fourth-order valence-electron chi connectivity index (χ4n) is 3.03. The van der Waals surface area contributed by atoms with Gasteiger partial charge >= 0.3 is 122 Å².